The van der Waals surface area contributed by atoms with E-state index in [1.165, 1.54) is 42.6 Å². The van der Waals surface area contributed by atoms with E-state index in [2.05, 4.69) is 27.8 Å². The molecule has 158 valence electrons. The van der Waals surface area contributed by atoms with Crippen LogP contribution in [0.3, 0.4) is 0 Å². The van der Waals surface area contributed by atoms with Crippen LogP contribution in [0.25, 0.3) is 0 Å². The molecule has 1 aliphatic rings. The van der Waals surface area contributed by atoms with Crippen LogP contribution >= 0.6 is 0 Å². The number of carbonyl (C=O) groups is 2. The van der Waals surface area contributed by atoms with Gasteiger partial charge >= 0.3 is 179 Å². The topological polar surface area (TPSA) is 80.3 Å². The molecule has 1 heterocycles. The number of benzene rings is 2. The fraction of sp³-hybridized carbons (Fsp3) is 0.174. The van der Waals surface area contributed by atoms with Crippen LogP contribution in [0.2, 0.25) is 0 Å². The van der Waals surface area contributed by atoms with Gasteiger partial charge in [-0.1, -0.05) is 0 Å². The van der Waals surface area contributed by atoms with Gasteiger partial charge in [-0.15, -0.1) is 0 Å². The first kappa shape index (κ1) is 21.1. The first-order valence-electron chi connectivity index (χ1n) is 9.87. The summed E-state index contributed by atoms with van der Waals surface area (Å²) in [6.07, 6.45) is 4.77. The number of fused-ring (bicyclic) bond motifs is 1. The Morgan fingerprint density at radius 1 is 1.03 bits per heavy atom. The summed E-state index contributed by atoms with van der Waals surface area (Å²) in [5, 5.41) is 5.15. The van der Waals surface area contributed by atoms with E-state index in [9.17, 15) is 14.0 Å². The van der Waals surface area contributed by atoms with Crippen LogP contribution in [0, 0.1) is 5.82 Å². The standard InChI is InChI=1S/C23H21AsFN3O3/c1-26-22(29)21-13-18(9-10-27-21)31-17-7-8-20(19(25)12-17)28-23(30)24-16-6-5-14-3-2-4-15(14)11-16/h5-13,24H,2-4H2,1H3,(H,26,29)(H,28,30). The molecule has 6 nitrogen and oxygen atoms in total. The number of aromatic nitrogens is 1. The van der Waals surface area contributed by atoms with E-state index in [1.54, 1.807) is 12.1 Å². The molecule has 31 heavy (non-hydrogen) atoms. The van der Waals surface area contributed by atoms with Gasteiger partial charge in [-0.2, -0.15) is 0 Å². The molecule has 3 aromatic rings. The summed E-state index contributed by atoms with van der Waals surface area (Å²) in [5.41, 5.74) is 3.01. The molecule has 0 saturated heterocycles. The molecule has 0 radical (unpaired) electrons. The quantitative estimate of drug-likeness (QED) is 0.531. The van der Waals surface area contributed by atoms with E-state index in [1.807, 2.05) is 6.07 Å². The monoisotopic (exact) mass is 481 g/mol. The van der Waals surface area contributed by atoms with E-state index in [-0.39, 0.29) is 27.7 Å². The zero-order valence-electron chi connectivity index (χ0n) is 16.9. The Morgan fingerprint density at radius 3 is 2.65 bits per heavy atom. The van der Waals surface area contributed by atoms with Gasteiger partial charge in [-0.3, -0.25) is 0 Å². The third-order valence-corrected chi connectivity index (χ3v) is 6.97. The summed E-state index contributed by atoms with van der Waals surface area (Å²) in [6, 6.07) is 13.5. The molecule has 0 fully saturated rings. The Balaban J connectivity index is 1.40. The van der Waals surface area contributed by atoms with Gasteiger partial charge in [-0.05, 0) is 0 Å². The Labute approximate surface area is 185 Å². The number of carbonyl (C=O) groups excluding carboxylic acids is 2. The molecule has 0 saturated carbocycles. The zero-order chi connectivity index (χ0) is 21.8. The van der Waals surface area contributed by atoms with E-state index in [0.717, 1.165) is 23.6 Å². The summed E-state index contributed by atoms with van der Waals surface area (Å²) in [5.74, 6) is -0.332. The third-order valence-electron chi connectivity index (χ3n) is 4.97. The van der Waals surface area contributed by atoms with Crippen LogP contribution in [-0.4, -0.2) is 38.4 Å². The van der Waals surface area contributed by atoms with Crippen LogP contribution in [0.5, 0.6) is 11.5 Å². The summed E-state index contributed by atoms with van der Waals surface area (Å²) in [7, 11) is 1.51. The third kappa shape index (κ3) is 5.12. The van der Waals surface area contributed by atoms with Gasteiger partial charge in [0.2, 0.25) is 0 Å². The van der Waals surface area contributed by atoms with Crippen molar-refractivity contribution < 1.29 is 18.7 Å². The Hall–Kier alpha value is -3.18. The number of pyridine rings is 1. The number of ether oxygens (including phenoxy) is 1. The van der Waals surface area contributed by atoms with E-state index in [0.29, 0.717) is 5.75 Å². The number of amides is 2. The number of hydrogen-bond donors (Lipinski definition) is 2. The van der Waals surface area contributed by atoms with Gasteiger partial charge in [0.05, 0.1) is 0 Å². The van der Waals surface area contributed by atoms with Crippen LogP contribution in [-0.2, 0) is 12.8 Å². The molecule has 2 aromatic carbocycles. The van der Waals surface area contributed by atoms with Crippen LogP contribution in [0.4, 0.5) is 14.9 Å². The van der Waals surface area contributed by atoms with Crippen molar-refractivity contribution in [2.75, 3.05) is 12.4 Å². The van der Waals surface area contributed by atoms with Gasteiger partial charge in [0.25, 0.3) is 0 Å². The number of aryl methyl sites for hydroxylation is 2. The second-order valence-corrected chi connectivity index (χ2v) is 9.80. The van der Waals surface area contributed by atoms with E-state index >= 15 is 0 Å². The van der Waals surface area contributed by atoms with Crippen molar-refractivity contribution in [3.05, 3.63) is 77.4 Å². The van der Waals surface area contributed by atoms with Gasteiger partial charge < -0.3 is 0 Å². The molecule has 4 rings (SSSR count). The normalized spacial score (nSPS) is 12.6. The first-order valence-corrected chi connectivity index (χ1v) is 12.0. The zero-order valence-corrected chi connectivity index (χ0v) is 19.0. The molecule has 1 atom stereocenters. The van der Waals surface area contributed by atoms with Crippen molar-refractivity contribution in [1.82, 2.24) is 10.3 Å². The number of nitrogens with one attached hydrogen (secondary N) is 2. The molecular formula is C23H21AsFN3O3. The minimum absolute atomic E-state index is 0.114. The average Bonchev–Trinajstić information content (AvgIpc) is 3.23. The van der Waals surface area contributed by atoms with E-state index in [4.69, 9.17) is 4.74 Å². The minimum atomic E-state index is -1.09. The summed E-state index contributed by atoms with van der Waals surface area (Å²) >= 11 is -1.09. The Bertz CT molecular complexity index is 1150. The molecule has 0 aliphatic heterocycles. The molecule has 0 spiro atoms. The van der Waals surface area contributed by atoms with Gasteiger partial charge in [0, 0.05) is 7.05 Å². The second kappa shape index (κ2) is 9.31. The van der Waals surface area contributed by atoms with E-state index < -0.39 is 21.6 Å². The van der Waals surface area contributed by atoms with Crippen molar-refractivity contribution in [2.24, 2.45) is 0 Å². The first-order chi connectivity index (χ1) is 15.0. The predicted octanol–water partition coefficient (Wildman–Crippen LogP) is 3.16. The van der Waals surface area contributed by atoms with Crippen molar-refractivity contribution in [1.29, 1.82) is 0 Å². The van der Waals surface area contributed by atoms with Gasteiger partial charge in [0.15, 0.2) is 0 Å². The van der Waals surface area contributed by atoms with Crippen molar-refractivity contribution in [3.63, 3.8) is 0 Å². The van der Waals surface area contributed by atoms with Crippen molar-refractivity contribution >= 4 is 36.4 Å². The molecular weight excluding hydrogens is 460 g/mol. The summed E-state index contributed by atoms with van der Waals surface area (Å²) in [6.45, 7) is 0. The average molecular weight is 481 g/mol. The number of rotatable bonds is 6. The number of anilines is 1. The number of hydrogen-bond acceptors (Lipinski definition) is 4. The maximum absolute atomic E-state index is 14.5. The maximum atomic E-state index is 14.5. The Morgan fingerprint density at radius 2 is 1.84 bits per heavy atom. The van der Waals surface area contributed by atoms with Crippen LogP contribution in [0.1, 0.15) is 28.0 Å². The predicted molar refractivity (Wildman–Crippen MR) is 118 cm³/mol. The molecule has 1 aromatic heterocycles. The molecule has 2 amide bonds. The molecule has 0 bridgehead atoms. The van der Waals surface area contributed by atoms with Crippen LogP contribution < -0.4 is 19.7 Å². The second-order valence-electron chi connectivity index (χ2n) is 7.12. The van der Waals surface area contributed by atoms with Gasteiger partial charge in [0.1, 0.15) is 0 Å². The molecule has 2 N–H and O–H groups in total. The van der Waals surface area contributed by atoms with Gasteiger partial charge in [-0.25, -0.2) is 0 Å². The number of nitrogens with zero attached hydrogens (tertiary/aromatic N) is 1. The fourth-order valence-corrected chi connectivity index (χ4v) is 5.29. The van der Waals surface area contributed by atoms with Crippen molar-refractivity contribution in [2.45, 2.75) is 19.3 Å². The summed E-state index contributed by atoms with van der Waals surface area (Å²) in [4.78, 5) is 28.1. The molecule has 1 unspecified atom stereocenters. The summed E-state index contributed by atoms with van der Waals surface area (Å²) < 4.78 is 21.1. The number of halogens is 1. The van der Waals surface area contributed by atoms with Crippen LogP contribution in [0.15, 0.2) is 54.7 Å². The molecule has 1 aliphatic carbocycles. The fourth-order valence-electron chi connectivity index (χ4n) is 3.46. The SMILES string of the molecule is CNC(=O)c1cc(Oc2ccc(NC(=O)[AsH]c3ccc4c(c3)CCC4)c(F)c2)ccn1. The Kier molecular flexibility index (Phi) is 6.33. The molecule has 8 heteroatoms. The van der Waals surface area contributed by atoms with Crippen molar-refractivity contribution in [3.8, 4) is 11.5 Å².